The second-order valence-corrected chi connectivity index (χ2v) is 7.77. The van der Waals surface area contributed by atoms with Crippen molar-refractivity contribution in [3.63, 3.8) is 0 Å². The molecule has 1 aromatic heterocycles. The fraction of sp³-hybridized carbons (Fsp3) is 0.615. The van der Waals surface area contributed by atoms with Crippen molar-refractivity contribution in [1.29, 1.82) is 0 Å². The lowest BCUT2D eigenvalue weighted by Gasteiger charge is -2.26. The summed E-state index contributed by atoms with van der Waals surface area (Å²) < 4.78 is 26.6. The summed E-state index contributed by atoms with van der Waals surface area (Å²) in [6.07, 6.45) is 0.785. The molecular formula is C13H20N2O4S2. The fourth-order valence-corrected chi connectivity index (χ4v) is 5.49. The van der Waals surface area contributed by atoms with Crippen LogP contribution in [0.15, 0.2) is 16.3 Å². The van der Waals surface area contributed by atoms with Crippen molar-refractivity contribution >= 4 is 27.3 Å². The van der Waals surface area contributed by atoms with Crippen molar-refractivity contribution in [1.82, 2.24) is 9.21 Å². The number of nitrogens with zero attached hydrogens (tertiary/aromatic N) is 2. The molecule has 1 atom stereocenters. The average molecular weight is 332 g/mol. The van der Waals surface area contributed by atoms with Crippen molar-refractivity contribution < 1.29 is 18.3 Å². The van der Waals surface area contributed by atoms with E-state index in [2.05, 4.69) is 18.7 Å². The molecule has 6 nitrogen and oxygen atoms in total. The minimum absolute atomic E-state index is 0.0832. The van der Waals surface area contributed by atoms with Crippen LogP contribution in [0.5, 0.6) is 0 Å². The van der Waals surface area contributed by atoms with Gasteiger partial charge >= 0.3 is 5.97 Å². The van der Waals surface area contributed by atoms with Gasteiger partial charge in [-0.2, -0.15) is 4.31 Å². The van der Waals surface area contributed by atoms with Crippen LogP contribution < -0.4 is 0 Å². The molecule has 0 saturated carbocycles. The Morgan fingerprint density at radius 1 is 1.48 bits per heavy atom. The molecule has 8 heteroatoms. The van der Waals surface area contributed by atoms with E-state index in [4.69, 9.17) is 5.11 Å². The number of sulfonamides is 1. The molecule has 1 N–H and O–H groups in total. The number of hydrogen-bond donors (Lipinski definition) is 1. The zero-order chi connectivity index (χ0) is 15.6. The first-order valence-electron chi connectivity index (χ1n) is 6.96. The van der Waals surface area contributed by atoms with Crippen LogP contribution in [0.1, 0.15) is 29.9 Å². The molecule has 21 heavy (non-hydrogen) atoms. The van der Waals surface area contributed by atoms with Gasteiger partial charge in [0.05, 0.1) is 0 Å². The number of carboxylic acid groups (broad SMARTS) is 1. The molecular weight excluding hydrogens is 312 g/mol. The number of rotatable bonds is 6. The third-order valence-electron chi connectivity index (χ3n) is 3.90. The van der Waals surface area contributed by atoms with E-state index >= 15 is 0 Å². The molecule has 2 heterocycles. The molecule has 118 valence electrons. The predicted octanol–water partition coefficient (Wildman–Crippen LogP) is 1.55. The van der Waals surface area contributed by atoms with Gasteiger partial charge < -0.3 is 5.11 Å². The molecule has 2 rings (SSSR count). The Kier molecular flexibility index (Phi) is 5.03. The molecule has 1 unspecified atom stereocenters. The monoisotopic (exact) mass is 332 g/mol. The third-order valence-corrected chi connectivity index (χ3v) is 6.84. The maximum atomic E-state index is 12.6. The van der Waals surface area contributed by atoms with Crippen molar-refractivity contribution in [2.75, 3.05) is 26.2 Å². The highest BCUT2D eigenvalue weighted by atomic mass is 32.2. The van der Waals surface area contributed by atoms with Gasteiger partial charge in [-0.15, -0.1) is 11.3 Å². The van der Waals surface area contributed by atoms with Gasteiger partial charge in [-0.05, 0) is 31.0 Å². The van der Waals surface area contributed by atoms with Crippen molar-refractivity contribution in [2.24, 2.45) is 0 Å². The lowest BCUT2D eigenvalue weighted by Crippen LogP contribution is -2.38. The van der Waals surface area contributed by atoms with E-state index in [0.717, 1.165) is 30.8 Å². The smallest absolute Gasteiger partial charge is 0.347 e. The van der Waals surface area contributed by atoms with Crippen LogP contribution in [0.2, 0.25) is 0 Å². The van der Waals surface area contributed by atoms with Crippen LogP contribution in [0.25, 0.3) is 0 Å². The topological polar surface area (TPSA) is 77.9 Å². The number of carbonyl (C=O) groups is 1. The van der Waals surface area contributed by atoms with Gasteiger partial charge in [0.1, 0.15) is 9.77 Å². The fourth-order valence-electron chi connectivity index (χ4n) is 2.76. The minimum atomic E-state index is -3.72. The standard InChI is InChI=1S/C13H20N2O4S2/c1-3-14(4-2)10-5-7-15(9-10)21(18,19)11-6-8-20-12(11)13(16)17/h6,8,10H,3-5,7,9H2,1-2H3,(H,16,17). The first kappa shape index (κ1) is 16.4. The van der Waals surface area contributed by atoms with Crippen LogP contribution in [0.3, 0.4) is 0 Å². The SMILES string of the molecule is CCN(CC)C1CCN(S(=O)(=O)c2ccsc2C(=O)O)C1. The van der Waals surface area contributed by atoms with Crippen molar-refractivity contribution in [2.45, 2.75) is 31.2 Å². The Morgan fingerprint density at radius 2 is 2.14 bits per heavy atom. The van der Waals surface area contributed by atoms with E-state index in [1.807, 2.05) is 0 Å². The van der Waals surface area contributed by atoms with Gasteiger partial charge in [-0.25, -0.2) is 13.2 Å². The summed E-state index contributed by atoms with van der Waals surface area (Å²) in [5.74, 6) is -1.19. The molecule has 1 fully saturated rings. The molecule has 0 aromatic carbocycles. The van der Waals surface area contributed by atoms with Crippen LogP contribution in [-0.4, -0.2) is 60.9 Å². The second-order valence-electron chi connectivity index (χ2n) is 4.95. The Balaban J connectivity index is 2.22. The summed E-state index contributed by atoms with van der Waals surface area (Å²) >= 11 is 0.944. The first-order chi connectivity index (χ1) is 9.91. The second kappa shape index (κ2) is 6.43. The Morgan fingerprint density at radius 3 is 2.71 bits per heavy atom. The average Bonchev–Trinajstić information content (AvgIpc) is 3.09. The molecule has 0 bridgehead atoms. The lowest BCUT2D eigenvalue weighted by atomic mass is 10.2. The summed E-state index contributed by atoms with van der Waals surface area (Å²) in [5.41, 5.74) is 0. The zero-order valence-corrected chi connectivity index (χ0v) is 13.8. The summed E-state index contributed by atoms with van der Waals surface area (Å²) in [6.45, 7) is 6.75. The van der Waals surface area contributed by atoms with E-state index < -0.39 is 16.0 Å². The van der Waals surface area contributed by atoms with E-state index in [9.17, 15) is 13.2 Å². The molecule has 0 aliphatic carbocycles. The quantitative estimate of drug-likeness (QED) is 0.855. The molecule has 0 radical (unpaired) electrons. The predicted molar refractivity (Wildman–Crippen MR) is 81.4 cm³/mol. The number of thiophene rings is 1. The van der Waals surface area contributed by atoms with Gasteiger partial charge in [0.25, 0.3) is 0 Å². The van der Waals surface area contributed by atoms with E-state index in [1.165, 1.54) is 15.8 Å². The van der Waals surface area contributed by atoms with Gasteiger partial charge in [0.2, 0.25) is 10.0 Å². The van der Waals surface area contributed by atoms with Crippen LogP contribution in [0, 0.1) is 0 Å². The number of carboxylic acids is 1. The van der Waals surface area contributed by atoms with Crippen molar-refractivity contribution in [3.8, 4) is 0 Å². The third kappa shape index (κ3) is 3.13. The molecule has 1 saturated heterocycles. The largest absolute Gasteiger partial charge is 0.477 e. The summed E-state index contributed by atoms with van der Waals surface area (Å²) in [7, 11) is -3.72. The molecule has 1 aromatic rings. The maximum Gasteiger partial charge on any atom is 0.347 e. The Hall–Kier alpha value is -0.960. The summed E-state index contributed by atoms with van der Waals surface area (Å²) in [5, 5.41) is 10.6. The Labute approximate surface area is 129 Å². The normalized spacial score (nSPS) is 20.2. The number of likely N-dealkylation sites (N-methyl/N-ethyl adjacent to an activating group) is 1. The number of hydrogen-bond acceptors (Lipinski definition) is 5. The van der Waals surface area contributed by atoms with E-state index in [0.29, 0.717) is 13.1 Å². The first-order valence-corrected chi connectivity index (χ1v) is 9.28. The highest BCUT2D eigenvalue weighted by molar-refractivity contribution is 7.89. The maximum absolute atomic E-state index is 12.6. The van der Waals surface area contributed by atoms with Crippen LogP contribution >= 0.6 is 11.3 Å². The summed E-state index contributed by atoms with van der Waals surface area (Å²) in [6, 6.07) is 1.59. The van der Waals surface area contributed by atoms with Gasteiger partial charge in [-0.3, -0.25) is 4.90 Å². The molecule has 0 amide bonds. The van der Waals surface area contributed by atoms with Gasteiger partial charge in [0.15, 0.2) is 0 Å². The highest BCUT2D eigenvalue weighted by Gasteiger charge is 2.36. The van der Waals surface area contributed by atoms with E-state index in [1.54, 1.807) is 0 Å². The molecule has 1 aliphatic heterocycles. The number of aromatic carboxylic acids is 1. The van der Waals surface area contributed by atoms with Gasteiger partial charge in [-0.1, -0.05) is 13.8 Å². The lowest BCUT2D eigenvalue weighted by molar-refractivity contribution is 0.0698. The minimum Gasteiger partial charge on any atom is -0.477 e. The summed E-state index contributed by atoms with van der Waals surface area (Å²) in [4.78, 5) is 13.2. The highest BCUT2D eigenvalue weighted by Crippen LogP contribution is 2.28. The molecule has 0 spiro atoms. The zero-order valence-electron chi connectivity index (χ0n) is 12.2. The Bertz CT molecular complexity index is 607. The molecule has 1 aliphatic rings. The van der Waals surface area contributed by atoms with Crippen molar-refractivity contribution in [3.05, 3.63) is 16.3 Å². The van der Waals surface area contributed by atoms with Crippen LogP contribution in [0.4, 0.5) is 0 Å². The van der Waals surface area contributed by atoms with Gasteiger partial charge in [0, 0.05) is 19.1 Å². The van der Waals surface area contributed by atoms with Crippen LogP contribution in [-0.2, 0) is 10.0 Å². The van der Waals surface area contributed by atoms with E-state index in [-0.39, 0.29) is 15.8 Å².